The van der Waals surface area contributed by atoms with Crippen LogP contribution in [-0.2, 0) is 4.79 Å². The van der Waals surface area contributed by atoms with Gasteiger partial charge in [-0.05, 0) is 11.5 Å². The summed E-state index contributed by atoms with van der Waals surface area (Å²) in [6.07, 6.45) is 1.54. The van der Waals surface area contributed by atoms with Gasteiger partial charge in [0.05, 0.1) is 12.3 Å². The van der Waals surface area contributed by atoms with Gasteiger partial charge in [-0.1, -0.05) is 30.3 Å². The van der Waals surface area contributed by atoms with Crippen LogP contribution < -0.4 is 10.6 Å². The van der Waals surface area contributed by atoms with Crippen molar-refractivity contribution < 1.29 is 14.7 Å². The summed E-state index contributed by atoms with van der Waals surface area (Å²) in [5, 5.41) is 16.9. The molecule has 4 rings (SSSR count). The molecule has 0 saturated carbocycles. The molecule has 1 saturated heterocycles. The number of ketones is 1. The molecule has 2 aliphatic heterocycles. The first-order valence-corrected chi connectivity index (χ1v) is 10.0. The van der Waals surface area contributed by atoms with Crippen LogP contribution in [0.3, 0.4) is 0 Å². The molecule has 0 aliphatic carbocycles. The SMILES string of the molecule is O=C1Nc2c(ccc3ccccc23)C(=O)C1=CNCCN1CCN(CCO)CC1. The van der Waals surface area contributed by atoms with Gasteiger partial charge < -0.3 is 15.7 Å². The van der Waals surface area contributed by atoms with Gasteiger partial charge in [-0.15, -0.1) is 0 Å². The highest BCUT2D eigenvalue weighted by Gasteiger charge is 2.29. The third-order valence-electron chi connectivity index (χ3n) is 5.60. The summed E-state index contributed by atoms with van der Waals surface area (Å²) in [7, 11) is 0. The number of β-amino-alcohol motifs (C(OH)–C–C–N with tert-alkyl or cyclic N) is 1. The fraction of sp³-hybridized carbons (Fsp3) is 0.364. The van der Waals surface area contributed by atoms with Gasteiger partial charge in [-0.2, -0.15) is 0 Å². The topological polar surface area (TPSA) is 84.9 Å². The van der Waals surface area contributed by atoms with E-state index in [0.29, 0.717) is 17.8 Å². The van der Waals surface area contributed by atoms with Crippen molar-refractivity contribution in [2.45, 2.75) is 0 Å². The molecule has 2 aromatic rings. The molecule has 7 nitrogen and oxygen atoms in total. The van der Waals surface area contributed by atoms with Crippen molar-refractivity contribution in [3.05, 3.63) is 53.7 Å². The smallest absolute Gasteiger partial charge is 0.261 e. The normalized spacial score (nSPS) is 19.4. The molecule has 0 spiro atoms. The Hall–Kier alpha value is -2.74. The van der Waals surface area contributed by atoms with Crippen LogP contribution in [0.25, 0.3) is 10.8 Å². The van der Waals surface area contributed by atoms with E-state index in [4.69, 9.17) is 5.11 Å². The van der Waals surface area contributed by atoms with E-state index in [-0.39, 0.29) is 23.9 Å². The largest absolute Gasteiger partial charge is 0.395 e. The number of piperazine rings is 1. The van der Waals surface area contributed by atoms with Gasteiger partial charge in [-0.3, -0.25) is 19.4 Å². The molecule has 1 amide bonds. The van der Waals surface area contributed by atoms with Gasteiger partial charge in [0.25, 0.3) is 5.91 Å². The number of benzene rings is 2. The number of carbonyl (C=O) groups is 2. The summed E-state index contributed by atoms with van der Waals surface area (Å²) < 4.78 is 0. The molecular formula is C22H26N4O3. The van der Waals surface area contributed by atoms with Crippen LogP contribution in [-0.4, -0.2) is 79.0 Å². The van der Waals surface area contributed by atoms with Gasteiger partial charge in [0.15, 0.2) is 0 Å². The van der Waals surface area contributed by atoms with E-state index in [1.807, 2.05) is 30.3 Å². The zero-order valence-corrected chi connectivity index (χ0v) is 16.4. The highest BCUT2D eigenvalue weighted by molar-refractivity contribution is 6.36. The molecule has 2 heterocycles. The maximum absolute atomic E-state index is 12.9. The highest BCUT2D eigenvalue weighted by Crippen LogP contribution is 2.32. The van der Waals surface area contributed by atoms with Crippen molar-refractivity contribution in [3.63, 3.8) is 0 Å². The lowest BCUT2D eigenvalue weighted by Gasteiger charge is -2.34. The molecule has 0 radical (unpaired) electrons. The number of nitrogens with one attached hydrogen (secondary N) is 2. The second kappa shape index (κ2) is 8.73. The average Bonchev–Trinajstić information content (AvgIpc) is 2.74. The summed E-state index contributed by atoms with van der Waals surface area (Å²) in [5.74, 6) is -0.622. The number of aliphatic hydroxyl groups is 1. The zero-order valence-electron chi connectivity index (χ0n) is 16.4. The number of hydrogen-bond acceptors (Lipinski definition) is 6. The minimum Gasteiger partial charge on any atom is -0.395 e. The van der Waals surface area contributed by atoms with Crippen molar-refractivity contribution in [1.29, 1.82) is 0 Å². The Morgan fingerprint density at radius 1 is 1.00 bits per heavy atom. The second-order valence-electron chi connectivity index (χ2n) is 7.41. The predicted octanol–water partition coefficient (Wildman–Crippen LogP) is 1.06. The number of rotatable bonds is 6. The highest BCUT2D eigenvalue weighted by atomic mass is 16.3. The number of nitrogens with zero attached hydrogens (tertiary/aromatic N) is 2. The summed E-state index contributed by atoms with van der Waals surface area (Å²) in [5.41, 5.74) is 1.26. The zero-order chi connectivity index (χ0) is 20.2. The van der Waals surface area contributed by atoms with Gasteiger partial charge in [0, 0.05) is 63.0 Å². The number of fused-ring (bicyclic) bond motifs is 3. The summed E-state index contributed by atoms with van der Waals surface area (Å²) in [4.78, 5) is 30.0. The van der Waals surface area contributed by atoms with Gasteiger partial charge in [0.2, 0.25) is 5.78 Å². The van der Waals surface area contributed by atoms with E-state index < -0.39 is 0 Å². The molecule has 7 heteroatoms. The lowest BCUT2D eigenvalue weighted by Crippen LogP contribution is -2.48. The van der Waals surface area contributed by atoms with E-state index in [2.05, 4.69) is 20.4 Å². The van der Waals surface area contributed by atoms with Gasteiger partial charge in [-0.25, -0.2) is 0 Å². The minimum absolute atomic E-state index is 0.139. The lowest BCUT2D eigenvalue weighted by atomic mass is 9.94. The number of carbonyl (C=O) groups excluding carboxylic acids is 2. The maximum atomic E-state index is 12.9. The monoisotopic (exact) mass is 394 g/mol. The Balaban J connectivity index is 1.37. The maximum Gasteiger partial charge on any atom is 0.261 e. The van der Waals surface area contributed by atoms with Crippen LogP contribution in [0.5, 0.6) is 0 Å². The van der Waals surface area contributed by atoms with Crippen LogP contribution in [0.2, 0.25) is 0 Å². The number of anilines is 1. The minimum atomic E-state index is -0.371. The molecule has 3 N–H and O–H groups in total. The first kappa shape index (κ1) is 19.6. The van der Waals surface area contributed by atoms with Gasteiger partial charge in [0.1, 0.15) is 5.57 Å². The van der Waals surface area contributed by atoms with E-state index >= 15 is 0 Å². The van der Waals surface area contributed by atoms with Crippen molar-refractivity contribution in [3.8, 4) is 0 Å². The number of hydrogen-bond donors (Lipinski definition) is 3. The van der Waals surface area contributed by atoms with E-state index in [0.717, 1.165) is 50.0 Å². The van der Waals surface area contributed by atoms with Crippen LogP contribution >= 0.6 is 0 Å². The average molecular weight is 394 g/mol. The van der Waals surface area contributed by atoms with Crippen molar-refractivity contribution >= 4 is 28.2 Å². The predicted molar refractivity (Wildman–Crippen MR) is 113 cm³/mol. The Kier molecular flexibility index (Phi) is 5.89. The molecule has 0 atom stereocenters. The first-order valence-electron chi connectivity index (χ1n) is 10.0. The van der Waals surface area contributed by atoms with E-state index in [9.17, 15) is 9.59 Å². The van der Waals surface area contributed by atoms with Crippen LogP contribution in [0, 0.1) is 0 Å². The fourth-order valence-electron chi connectivity index (χ4n) is 3.93. The van der Waals surface area contributed by atoms with Crippen LogP contribution in [0.1, 0.15) is 10.4 Å². The Morgan fingerprint density at radius 2 is 1.72 bits per heavy atom. The third kappa shape index (κ3) is 4.17. The van der Waals surface area contributed by atoms with Crippen molar-refractivity contribution in [2.24, 2.45) is 0 Å². The molecule has 152 valence electrons. The van der Waals surface area contributed by atoms with Crippen molar-refractivity contribution in [1.82, 2.24) is 15.1 Å². The molecule has 29 heavy (non-hydrogen) atoms. The number of aliphatic hydroxyl groups excluding tert-OH is 1. The summed E-state index contributed by atoms with van der Waals surface area (Å²) in [6, 6.07) is 11.4. The third-order valence-corrected chi connectivity index (χ3v) is 5.60. The standard InChI is InChI=1S/C22H26N4O3/c27-14-13-26-11-9-25(10-12-26)8-7-23-15-19-21(28)18-6-5-16-3-1-2-4-17(16)20(18)24-22(19)29/h1-6,15,23,27H,7-14H2,(H,24,29). The molecule has 1 fully saturated rings. The van der Waals surface area contributed by atoms with E-state index in [1.54, 1.807) is 6.07 Å². The van der Waals surface area contributed by atoms with Gasteiger partial charge >= 0.3 is 0 Å². The second-order valence-corrected chi connectivity index (χ2v) is 7.41. The van der Waals surface area contributed by atoms with E-state index in [1.165, 1.54) is 6.20 Å². The molecule has 2 aromatic carbocycles. The quantitative estimate of drug-likeness (QED) is 0.386. The molecule has 0 unspecified atom stereocenters. The summed E-state index contributed by atoms with van der Waals surface area (Å²) >= 11 is 0. The summed E-state index contributed by atoms with van der Waals surface area (Å²) in [6.45, 7) is 6.25. The lowest BCUT2D eigenvalue weighted by molar-refractivity contribution is -0.112. The Labute approximate surface area is 170 Å². The molecular weight excluding hydrogens is 368 g/mol. The Morgan fingerprint density at radius 3 is 2.48 bits per heavy atom. The molecule has 2 aliphatic rings. The van der Waals surface area contributed by atoms with Crippen molar-refractivity contribution in [2.75, 3.05) is 57.7 Å². The number of amides is 1. The van der Waals surface area contributed by atoms with Crippen LogP contribution in [0.15, 0.2) is 48.2 Å². The molecule has 0 aromatic heterocycles. The molecule has 0 bridgehead atoms. The first-order chi connectivity index (χ1) is 14.2. The van der Waals surface area contributed by atoms with Crippen LogP contribution in [0.4, 0.5) is 5.69 Å². The fourth-order valence-corrected chi connectivity index (χ4v) is 3.93. The Bertz CT molecular complexity index is 948. The number of Topliss-reactive ketones (excluding diaryl/α,β-unsaturated/α-hetero) is 1.